The quantitative estimate of drug-likeness (QED) is 0.837. The second-order valence-corrected chi connectivity index (χ2v) is 4.88. The third-order valence-corrected chi connectivity index (χ3v) is 3.27. The second kappa shape index (κ2) is 6.94. The molecule has 0 atom stereocenters. The fourth-order valence-electron chi connectivity index (χ4n) is 1.87. The standard InChI is InChI=1S/C17H15ClN2O/c1-12-5-2-3-7-14(12)17(21)20-16-11-13(6-4-10-19)8-9-15(16)18/h2-3,5,7-9,11H,10,19H2,1H3,(H,20,21). The van der Waals surface area contributed by atoms with Gasteiger partial charge in [-0.3, -0.25) is 4.79 Å². The molecule has 0 bridgehead atoms. The molecule has 3 N–H and O–H groups in total. The van der Waals surface area contributed by atoms with Crippen LogP contribution in [0.3, 0.4) is 0 Å². The first-order chi connectivity index (χ1) is 10.1. The van der Waals surface area contributed by atoms with Crippen LogP contribution in [-0.2, 0) is 0 Å². The van der Waals surface area contributed by atoms with Gasteiger partial charge < -0.3 is 11.1 Å². The smallest absolute Gasteiger partial charge is 0.255 e. The van der Waals surface area contributed by atoms with Crippen LogP contribution < -0.4 is 11.1 Å². The summed E-state index contributed by atoms with van der Waals surface area (Å²) in [6.45, 7) is 2.17. The van der Waals surface area contributed by atoms with Crippen LogP contribution >= 0.6 is 11.6 Å². The Morgan fingerprint density at radius 1 is 1.29 bits per heavy atom. The van der Waals surface area contributed by atoms with Crippen molar-refractivity contribution in [3.63, 3.8) is 0 Å². The van der Waals surface area contributed by atoms with Crippen LogP contribution in [0.15, 0.2) is 42.5 Å². The normalized spacial score (nSPS) is 9.67. The maximum atomic E-state index is 12.3. The molecule has 0 fully saturated rings. The Labute approximate surface area is 129 Å². The highest BCUT2D eigenvalue weighted by Gasteiger charge is 2.10. The third-order valence-electron chi connectivity index (χ3n) is 2.94. The number of aryl methyl sites for hydroxylation is 1. The molecule has 21 heavy (non-hydrogen) atoms. The van der Waals surface area contributed by atoms with E-state index in [-0.39, 0.29) is 12.5 Å². The number of benzene rings is 2. The summed E-state index contributed by atoms with van der Waals surface area (Å²) < 4.78 is 0. The van der Waals surface area contributed by atoms with E-state index in [0.29, 0.717) is 16.3 Å². The Bertz CT molecular complexity index is 729. The van der Waals surface area contributed by atoms with Crippen LogP contribution in [0.2, 0.25) is 5.02 Å². The first-order valence-electron chi connectivity index (χ1n) is 6.47. The Hall–Kier alpha value is -2.28. The minimum Gasteiger partial charge on any atom is -0.321 e. The van der Waals surface area contributed by atoms with Gasteiger partial charge in [-0.15, -0.1) is 0 Å². The van der Waals surface area contributed by atoms with Crippen LogP contribution in [0.5, 0.6) is 0 Å². The molecule has 4 heteroatoms. The van der Waals surface area contributed by atoms with Gasteiger partial charge in [-0.1, -0.05) is 41.6 Å². The van der Waals surface area contributed by atoms with Gasteiger partial charge in [-0.25, -0.2) is 0 Å². The first-order valence-corrected chi connectivity index (χ1v) is 6.85. The Morgan fingerprint density at radius 3 is 2.76 bits per heavy atom. The SMILES string of the molecule is Cc1ccccc1C(=O)Nc1cc(C#CCN)ccc1Cl. The molecule has 0 aliphatic carbocycles. The highest BCUT2D eigenvalue weighted by molar-refractivity contribution is 6.34. The number of rotatable bonds is 2. The summed E-state index contributed by atoms with van der Waals surface area (Å²) in [5.41, 5.74) is 8.16. The Morgan fingerprint density at radius 2 is 2.05 bits per heavy atom. The number of carbonyl (C=O) groups is 1. The zero-order valence-electron chi connectivity index (χ0n) is 11.6. The predicted octanol–water partition coefficient (Wildman–Crippen LogP) is 3.21. The van der Waals surface area contributed by atoms with E-state index in [9.17, 15) is 4.79 Å². The lowest BCUT2D eigenvalue weighted by molar-refractivity contribution is 0.102. The minimum atomic E-state index is -0.195. The van der Waals surface area contributed by atoms with Gasteiger partial charge >= 0.3 is 0 Å². The predicted molar refractivity (Wildman–Crippen MR) is 86.5 cm³/mol. The van der Waals surface area contributed by atoms with Crippen LogP contribution in [0, 0.1) is 18.8 Å². The summed E-state index contributed by atoms with van der Waals surface area (Å²) in [7, 11) is 0. The van der Waals surface area contributed by atoms with Crippen LogP contribution in [0.4, 0.5) is 5.69 Å². The highest BCUT2D eigenvalue weighted by Crippen LogP contribution is 2.23. The number of nitrogens with one attached hydrogen (secondary N) is 1. The average Bonchev–Trinajstić information content (AvgIpc) is 2.48. The van der Waals surface area contributed by atoms with Gasteiger partial charge in [0.05, 0.1) is 17.3 Å². The van der Waals surface area contributed by atoms with Gasteiger partial charge in [0, 0.05) is 11.1 Å². The van der Waals surface area contributed by atoms with Crippen molar-refractivity contribution in [3.8, 4) is 11.8 Å². The molecule has 2 aromatic rings. The lowest BCUT2D eigenvalue weighted by atomic mass is 10.1. The van der Waals surface area contributed by atoms with E-state index in [1.54, 1.807) is 24.3 Å². The molecule has 2 aromatic carbocycles. The summed E-state index contributed by atoms with van der Waals surface area (Å²) in [6, 6.07) is 12.6. The van der Waals surface area contributed by atoms with E-state index in [2.05, 4.69) is 17.2 Å². The number of nitrogens with two attached hydrogens (primary N) is 1. The van der Waals surface area contributed by atoms with Crippen molar-refractivity contribution in [1.29, 1.82) is 0 Å². The molecule has 0 radical (unpaired) electrons. The van der Waals surface area contributed by atoms with Gasteiger partial charge in [-0.05, 0) is 36.8 Å². The topological polar surface area (TPSA) is 55.1 Å². The van der Waals surface area contributed by atoms with Crippen molar-refractivity contribution in [3.05, 3.63) is 64.2 Å². The van der Waals surface area contributed by atoms with E-state index in [1.807, 2.05) is 25.1 Å². The fourth-order valence-corrected chi connectivity index (χ4v) is 2.03. The molecule has 0 aliphatic heterocycles. The summed E-state index contributed by atoms with van der Waals surface area (Å²) in [5.74, 6) is 5.48. The summed E-state index contributed by atoms with van der Waals surface area (Å²) in [5, 5.41) is 3.28. The molecular formula is C17H15ClN2O. The van der Waals surface area contributed by atoms with E-state index in [4.69, 9.17) is 17.3 Å². The molecule has 0 spiro atoms. The van der Waals surface area contributed by atoms with Gasteiger partial charge in [-0.2, -0.15) is 0 Å². The summed E-state index contributed by atoms with van der Waals surface area (Å²) in [6.07, 6.45) is 0. The lowest BCUT2D eigenvalue weighted by Gasteiger charge is -2.09. The number of hydrogen-bond donors (Lipinski definition) is 2. The molecule has 0 aliphatic rings. The van der Waals surface area contributed by atoms with E-state index < -0.39 is 0 Å². The zero-order chi connectivity index (χ0) is 15.2. The second-order valence-electron chi connectivity index (χ2n) is 4.47. The van der Waals surface area contributed by atoms with Crippen molar-refractivity contribution >= 4 is 23.2 Å². The number of anilines is 1. The van der Waals surface area contributed by atoms with Gasteiger partial charge in [0.15, 0.2) is 0 Å². The molecule has 0 heterocycles. The molecule has 106 valence electrons. The third kappa shape index (κ3) is 3.85. The molecule has 0 saturated heterocycles. The zero-order valence-corrected chi connectivity index (χ0v) is 12.4. The largest absolute Gasteiger partial charge is 0.321 e. The lowest BCUT2D eigenvalue weighted by Crippen LogP contribution is -2.13. The summed E-state index contributed by atoms with van der Waals surface area (Å²) in [4.78, 5) is 12.3. The Kier molecular flexibility index (Phi) is 4.99. The summed E-state index contributed by atoms with van der Waals surface area (Å²) >= 11 is 6.11. The van der Waals surface area contributed by atoms with Gasteiger partial charge in [0.1, 0.15) is 0 Å². The van der Waals surface area contributed by atoms with Crippen LogP contribution in [0.25, 0.3) is 0 Å². The number of carbonyl (C=O) groups excluding carboxylic acids is 1. The van der Waals surface area contributed by atoms with Gasteiger partial charge in [0.25, 0.3) is 5.91 Å². The molecule has 0 aromatic heterocycles. The molecule has 0 unspecified atom stereocenters. The van der Waals surface area contributed by atoms with Crippen molar-refractivity contribution in [2.24, 2.45) is 5.73 Å². The molecule has 0 saturated carbocycles. The number of halogens is 1. The van der Waals surface area contributed by atoms with Crippen molar-refractivity contribution in [1.82, 2.24) is 0 Å². The van der Waals surface area contributed by atoms with Crippen molar-refractivity contribution in [2.45, 2.75) is 6.92 Å². The molecule has 2 rings (SSSR count). The fraction of sp³-hybridized carbons (Fsp3) is 0.118. The van der Waals surface area contributed by atoms with Crippen molar-refractivity contribution < 1.29 is 4.79 Å². The molecular weight excluding hydrogens is 284 g/mol. The van der Waals surface area contributed by atoms with E-state index in [1.165, 1.54) is 0 Å². The first kappa shape index (κ1) is 15.1. The number of amides is 1. The maximum Gasteiger partial charge on any atom is 0.255 e. The molecule has 1 amide bonds. The van der Waals surface area contributed by atoms with E-state index in [0.717, 1.165) is 11.1 Å². The Balaban J connectivity index is 2.27. The van der Waals surface area contributed by atoms with Crippen LogP contribution in [-0.4, -0.2) is 12.5 Å². The van der Waals surface area contributed by atoms with Crippen LogP contribution in [0.1, 0.15) is 21.5 Å². The molecule has 3 nitrogen and oxygen atoms in total. The minimum absolute atomic E-state index is 0.195. The van der Waals surface area contributed by atoms with Gasteiger partial charge in [0.2, 0.25) is 0 Å². The maximum absolute atomic E-state index is 12.3. The monoisotopic (exact) mass is 298 g/mol. The highest BCUT2D eigenvalue weighted by atomic mass is 35.5. The number of hydrogen-bond acceptors (Lipinski definition) is 2. The van der Waals surface area contributed by atoms with E-state index >= 15 is 0 Å². The average molecular weight is 299 g/mol. The van der Waals surface area contributed by atoms with Crippen molar-refractivity contribution in [2.75, 3.05) is 11.9 Å².